The minimum Gasteiger partial charge on any atom is -0.378 e. The summed E-state index contributed by atoms with van der Waals surface area (Å²) in [5, 5.41) is 21.0. The van der Waals surface area contributed by atoms with Gasteiger partial charge < -0.3 is 15.2 Å². The molecule has 0 bridgehead atoms. The lowest BCUT2D eigenvalue weighted by Crippen LogP contribution is -2.09. The second kappa shape index (κ2) is 5.47. The Kier molecular flexibility index (Phi) is 4.11. The topological polar surface area (TPSA) is 81.2 Å². The summed E-state index contributed by atoms with van der Waals surface area (Å²) in [4.78, 5) is 14.9. The molecule has 0 saturated carbocycles. The van der Waals surface area contributed by atoms with Gasteiger partial charge in [0.15, 0.2) is 6.10 Å². The van der Waals surface area contributed by atoms with Crippen molar-refractivity contribution in [2.24, 2.45) is 7.05 Å². The summed E-state index contributed by atoms with van der Waals surface area (Å²) in [5.41, 5.74) is 0.616. The fourth-order valence-electron chi connectivity index (χ4n) is 1.68. The smallest absolute Gasteiger partial charge is 0.342 e. The van der Waals surface area contributed by atoms with Gasteiger partial charge in [0.2, 0.25) is 5.82 Å². The van der Waals surface area contributed by atoms with Crippen LogP contribution in [0.2, 0.25) is 0 Å². The number of hydrogen-bond acceptors (Lipinski definition) is 5. The van der Waals surface area contributed by atoms with Crippen molar-refractivity contribution in [3.8, 4) is 0 Å². The third-order valence-electron chi connectivity index (χ3n) is 2.72. The maximum Gasteiger partial charge on any atom is 0.342 e. The lowest BCUT2D eigenvalue weighted by molar-refractivity contribution is -0.391. The van der Waals surface area contributed by atoms with E-state index in [1.165, 1.54) is 11.6 Å². The highest BCUT2D eigenvalue weighted by Gasteiger charge is 2.24. The van der Waals surface area contributed by atoms with Gasteiger partial charge in [0.1, 0.15) is 6.20 Å². The van der Waals surface area contributed by atoms with Gasteiger partial charge in [0, 0.05) is 8.47 Å². The fourth-order valence-corrected chi connectivity index (χ4v) is 2.36. The zero-order chi connectivity index (χ0) is 14.2. The molecule has 1 atom stereocenters. The van der Waals surface area contributed by atoms with Crippen LogP contribution in [0.3, 0.4) is 0 Å². The van der Waals surface area contributed by atoms with E-state index in [2.05, 4.69) is 40.2 Å². The van der Waals surface area contributed by atoms with Crippen molar-refractivity contribution in [2.75, 3.05) is 0 Å². The quantitative estimate of drug-likeness (QED) is 0.364. The number of nitrogens with zero attached hydrogens (tertiary/aromatic N) is 3. The third kappa shape index (κ3) is 2.74. The van der Waals surface area contributed by atoms with Crippen molar-refractivity contribution in [1.82, 2.24) is 9.55 Å². The van der Waals surface area contributed by atoms with Gasteiger partial charge in [-0.25, -0.2) is 9.55 Å². The summed E-state index contributed by atoms with van der Waals surface area (Å²) in [6, 6.07) is 5.25. The van der Waals surface area contributed by atoms with E-state index in [1.54, 1.807) is 18.2 Å². The van der Waals surface area contributed by atoms with E-state index in [0.717, 1.165) is 14.7 Å². The SMILES string of the molecule is Cn1c([N+](=O)[O-])cnc1C(O)c1ccc(S)c(I)c1. The molecule has 0 spiro atoms. The van der Waals surface area contributed by atoms with Crippen LogP contribution in [0.25, 0.3) is 0 Å². The minimum absolute atomic E-state index is 0.158. The molecular weight excluding hydrogens is 381 g/mol. The molecule has 1 aromatic heterocycles. The first-order chi connectivity index (χ1) is 8.91. The second-order valence-corrected chi connectivity index (χ2v) is 5.55. The zero-order valence-electron chi connectivity index (χ0n) is 9.82. The van der Waals surface area contributed by atoms with E-state index < -0.39 is 11.0 Å². The summed E-state index contributed by atoms with van der Waals surface area (Å²) in [6.07, 6.45) is 0.123. The summed E-state index contributed by atoms with van der Waals surface area (Å²) in [5.74, 6) is 0.0731. The van der Waals surface area contributed by atoms with Crippen LogP contribution in [-0.2, 0) is 7.05 Å². The van der Waals surface area contributed by atoms with Gasteiger partial charge in [-0.2, -0.15) is 0 Å². The van der Waals surface area contributed by atoms with E-state index >= 15 is 0 Å². The van der Waals surface area contributed by atoms with E-state index in [1.807, 2.05) is 0 Å². The molecule has 19 heavy (non-hydrogen) atoms. The molecule has 6 nitrogen and oxygen atoms in total. The number of hydrogen-bond donors (Lipinski definition) is 2. The summed E-state index contributed by atoms with van der Waals surface area (Å²) in [7, 11) is 1.50. The molecule has 0 amide bonds. The average molecular weight is 391 g/mol. The van der Waals surface area contributed by atoms with Gasteiger partial charge in [-0.05, 0) is 45.2 Å². The normalized spacial score (nSPS) is 12.4. The van der Waals surface area contributed by atoms with Gasteiger partial charge in [0.05, 0.1) is 7.05 Å². The zero-order valence-corrected chi connectivity index (χ0v) is 12.9. The molecule has 0 radical (unpaired) electrons. The van der Waals surface area contributed by atoms with Crippen LogP contribution in [-0.4, -0.2) is 19.6 Å². The highest BCUT2D eigenvalue weighted by molar-refractivity contribution is 14.1. The van der Waals surface area contributed by atoms with E-state index in [4.69, 9.17) is 0 Å². The predicted molar refractivity (Wildman–Crippen MR) is 80.3 cm³/mol. The van der Waals surface area contributed by atoms with Crippen LogP contribution in [0.15, 0.2) is 29.3 Å². The first-order valence-corrected chi connectivity index (χ1v) is 6.77. The van der Waals surface area contributed by atoms with Crippen LogP contribution in [0.4, 0.5) is 5.82 Å². The van der Waals surface area contributed by atoms with E-state index in [0.29, 0.717) is 5.56 Å². The number of halogens is 1. The molecule has 1 heterocycles. The highest BCUT2D eigenvalue weighted by atomic mass is 127. The Hall–Kier alpha value is -1.13. The molecule has 1 unspecified atom stereocenters. The van der Waals surface area contributed by atoms with Crippen molar-refractivity contribution in [2.45, 2.75) is 11.0 Å². The molecule has 1 N–H and O–H groups in total. The number of aromatic nitrogens is 2. The number of aliphatic hydroxyl groups excluding tert-OH is 1. The van der Waals surface area contributed by atoms with Crippen LogP contribution >= 0.6 is 35.2 Å². The molecule has 0 aliphatic rings. The Balaban J connectivity index is 2.41. The Bertz CT molecular complexity index is 644. The Morgan fingerprint density at radius 3 is 2.79 bits per heavy atom. The Labute approximate surface area is 128 Å². The van der Waals surface area contributed by atoms with Crippen molar-refractivity contribution in [3.05, 3.63) is 49.5 Å². The molecule has 0 aliphatic heterocycles. The Morgan fingerprint density at radius 2 is 2.26 bits per heavy atom. The van der Waals surface area contributed by atoms with Gasteiger partial charge in [0.25, 0.3) is 0 Å². The number of imidazole rings is 1. The highest BCUT2D eigenvalue weighted by Crippen LogP contribution is 2.27. The van der Waals surface area contributed by atoms with E-state index in [9.17, 15) is 15.2 Å². The first-order valence-electron chi connectivity index (χ1n) is 5.24. The maximum absolute atomic E-state index is 10.7. The lowest BCUT2D eigenvalue weighted by atomic mass is 10.1. The number of aliphatic hydroxyl groups is 1. The largest absolute Gasteiger partial charge is 0.378 e. The van der Waals surface area contributed by atoms with Gasteiger partial charge in [-0.3, -0.25) is 0 Å². The first kappa shape index (κ1) is 14.3. The summed E-state index contributed by atoms with van der Waals surface area (Å²) < 4.78 is 2.16. The lowest BCUT2D eigenvalue weighted by Gasteiger charge is -2.09. The standard InChI is InChI=1S/C11H10IN3O3S/c1-14-9(15(17)18)5-13-11(14)10(16)6-2-3-8(19)7(12)4-6/h2-5,10,16,19H,1H3. The molecule has 100 valence electrons. The molecule has 0 fully saturated rings. The molecule has 0 saturated heterocycles. The average Bonchev–Trinajstić information content (AvgIpc) is 2.74. The fraction of sp³-hybridized carbons (Fsp3) is 0.182. The van der Waals surface area contributed by atoms with Crippen molar-refractivity contribution >= 4 is 41.0 Å². The predicted octanol–water partition coefficient (Wildman–Crippen LogP) is 2.30. The van der Waals surface area contributed by atoms with E-state index in [-0.39, 0.29) is 11.6 Å². The maximum atomic E-state index is 10.7. The number of thiol groups is 1. The van der Waals surface area contributed by atoms with Gasteiger partial charge in [-0.15, -0.1) is 12.6 Å². The number of rotatable bonds is 3. The molecule has 2 rings (SSSR count). The second-order valence-electron chi connectivity index (χ2n) is 3.90. The number of benzene rings is 1. The molecule has 2 aromatic rings. The molecular formula is C11H10IN3O3S. The number of nitro groups is 1. The van der Waals surface area contributed by atoms with Crippen LogP contribution in [0.5, 0.6) is 0 Å². The van der Waals surface area contributed by atoms with Crippen molar-refractivity contribution in [3.63, 3.8) is 0 Å². The molecule has 1 aromatic carbocycles. The van der Waals surface area contributed by atoms with Crippen LogP contribution < -0.4 is 0 Å². The Morgan fingerprint density at radius 1 is 1.58 bits per heavy atom. The van der Waals surface area contributed by atoms with Gasteiger partial charge in [-0.1, -0.05) is 6.07 Å². The molecule has 8 heteroatoms. The molecule has 0 aliphatic carbocycles. The summed E-state index contributed by atoms with van der Waals surface area (Å²) in [6.45, 7) is 0. The summed E-state index contributed by atoms with van der Waals surface area (Å²) >= 11 is 6.36. The minimum atomic E-state index is -1.01. The van der Waals surface area contributed by atoms with Gasteiger partial charge >= 0.3 is 5.82 Å². The third-order valence-corrected chi connectivity index (χ3v) is 4.43. The van der Waals surface area contributed by atoms with Crippen LogP contribution in [0, 0.1) is 13.7 Å². The van der Waals surface area contributed by atoms with Crippen molar-refractivity contribution < 1.29 is 10.0 Å². The van der Waals surface area contributed by atoms with Crippen molar-refractivity contribution in [1.29, 1.82) is 0 Å². The monoisotopic (exact) mass is 391 g/mol. The van der Waals surface area contributed by atoms with Crippen LogP contribution in [0.1, 0.15) is 17.5 Å².